The van der Waals surface area contributed by atoms with Gasteiger partial charge in [0.1, 0.15) is 17.1 Å². The van der Waals surface area contributed by atoms with E-state index in [1.807, 2.05) is 24.3 Å². The minimum atomic E-state index is -0.187. The van der Waals surface area contributed by atoms with Crippen LogP contribution in [0.15, 0.2) is 35.4 Å². The van der Waals surface area contributed by atoms with E-state index in [2.05, 4.69) is 17.2 Å². The van der Waals surface area contributed by atoms with E-state index in [0.29, 0.717) is 24.3 Å². The number of para-hydroxylation sites is 1. The van der Waals surface area contributed by atoms with E-state index in [9.17, 15) is 9.59 Å². The van der Waals surface area contributed by atoms with Crippen LogP contribution >= 0.6 is 11.3 Å². The average molecular weight is 410 g/mol. The number of nitrogens with one attached hydrogen (secondary N) is 1. The molecule has 0 saturated carbocycles. The third kappa shape index (κ3) is 3.33. The molecule has 0 saturated heterocycles. The molecule has 2 unspecified atom stereocenters. The van der Waals surface area contributed by atoms with Crippen molar-refractivity contribution in [3.63, 3.8) is 0 Å². The van der Waals surface area contributed by atoms with Gasteiger partial charge in [-0.1, -0.05) is 25.1 Å². The molecule has 2 atom stereocenters. The Morgan fingerprint density at radius 3 is 3.10 bits per heavy atom. The molecule has 1 aromatic carbocycles. The molecule has 150 valence electrons. The topological polar surface area (TPSA) is 73.2 Å². The first-order chi connectivity index (χ1) is 14.1. The van der Waals surface area contributed by atoms with Crippen molar-refractivity contribution in [1.29, 1.82) is 0 Å². The largest absolute Gasteiger partial charge is 0.493 e. The molecule has 0 radical (unpaired) electrons. The molecule has 3 heterocycles. The number of thiophene rings is 1. The van der Waals surface area contributed by atoms with Crippen molar-refractivity contribution in [3.8, 4) is 5.75 Å². The Hall–Kier alpha value is -2.67. The molecular formula is C22H23N3O3S. The lowest BCUT2D eigenvalue weighted by Gasteiger charge is -2.26. The zero-order chi connectivity index (χ0) is 20.0. The highest BCUT2D eigenvalue weighted by Gasteiger charge is 2.25. The highest BCUT2D eigenvalue weighted by atomic mass is 32.1. The lowest BCUT2D eigenvalue weighted by atomic mass is 9.89. The van der Waals surface area contributed by atoms with Crippen LogP contribution < -0.4 is 15.6 Å². The molecule has 0 bridgehead atoms. The molecule has 7 heteroatoms. The van der Waals surface area contributed by atoms with Gasteiger partial charge >= 0.3 is 0 Å². The highest BCUT2D eigenvalue weighted by Crippen LogP contribution is 2.35. The van der Waals surface area contributed by atoms with Crippen molar-refractivity contribution in [2.75, 3.05) is 6.61 Å². The van der Waals surface area contributed by atoms with Gasteiger partial charge in [0.2, 0.25) is 5.91 Å². The summed E-state index contributed by atoms with van der Waals surface area (Å²) in [5.74, 6) is 1.27. The standard InChI is InChI=1S/C22H23N3O3S/c1-13-6-7-15-18(10-13)29-21-20(15)22(27)25(12-23-21)11-19(26)24-16-8-9-28-17-5-3-2-4-14(16)17/h2-5,12-13,16H,6-11H2,1H3,(H,24,26). The Bertz CT molecular complexity index is 1150. The highest BCUT2D eigenvalue weighted by molar-refractivity contribution is 7.18. The summed E-state index contributed by atoms with van der Waals surface area (Å²) in [6.45, 7) is 2.79. The van der Waals surface area contributed by atoms with Gasteiger partial charge in [-0.05, 0) is 36.8 Å². The van der Waals surface area contributed by atoms with Crippen molar-refractivity contribution >= 4 is 27.5 Å². The number of rotatable bonds is 3. The second kappa shape index (κ2) is 7.30. The van der Waals surface area contributed by atoms with Crippen LogP contribution in [0.4, 0.5) is 0 Å². The Morgan fingerprint density at radius 2 is 2.21 bits per heavy atom. The zero-order valence-electron chi connectivity index (χ0n) is 16.3. The predicted molar refractivity (Wildman–Crippen MR) is 113 cm³/mol. The summed E-state index contributed by atoms with van der Waals surface area (Å²) < 4.78 is 7.10. The number of carbonyl (C=O) groups excluding carboxylic acids is 1. The van der Waals surface area contributed by atoms with E-state index in [4.69, 9.17) is 4.74 Å². The number of aromatic nitrogens is 2. The lowest BCUT2D eigenvalue weighted by molar-refractivity contribution is -0.122. The molecular weight excluding hydrogens is 386 g/mol. The minimum absolute atomic E-state index is 0.0255. The van der Waals surface area contributed by atoms with Crippen molar-refractivity contribution in [3.05, 3.63) is 57.0 Å². The fourth-order valence-corrected chi connectivity index (χ4v) is 5.71. The SMILES string of the molecule is CC1CCc2c(sc3ncn(CC(=O)NC4CCOc5ccccc54)c(=O)c23)C1. The third-order valence-electron chi connectivity index (χ3n) is 5.89. The fraction of sp³-hybridized carbons (Fsp3) is 0.409. The number of nitrogens with zero attached hydrogens (tertiary/aromatic N) is 2. The summed E-state index contributed by atoms with van der Waals surface area (Å²) in [6.07, 6.45) is 5.25. The molecule has 1 aliphatic heterocycles. The molecule has 2 aromatic heterocycles. The molecule has 0 spiro atoms. The summed E-state index contributed by atoms with van der Waals surface area (Å²) in [6, 6.07) is 7.64. The van der Waals surface area contributed by atoms with Crippen LogP contribution in [-0.2, 0) is 24.2 Å². The molecule has 0 fully saturated rings. The van der Waals surface area contributed by atoms with E-state index < -0.39 is 0 Å². The summed E-state index contributed by atoms with van der Waals surface area (Å²) >= 11 is 1.63. The van der Waals surface area contributed by atoms with Crippen molar-refractivity contribution in [1.82, 2.24) is 14.9 Å². The van der Waals surface area contributed by atoms with Crippen LogP contribution in [0.2, 0.25) is 0 Å². The van der Waals surface area contributed by atoms with Gasteiger partial charge in [-0.15, -0.1) is 11.3 Å². The summed E-state index contributed by atoms with van der Waals surface area (Å²) in [5, 5.41) is 3.77. The molecule has 3 aromatic rings. The number of fused-ring (bicyclic) bond motifs is 4. The molecule has 1 amide bonds. The molecule has 5 rings (SSSR count). The van der Waals surface area contributed by atoms with Gasteiger partial charge < -0.3 is 10.1 Å². The quantitative estimate of drug-likeness (QED) is 0.721. The summed E-state index contributed by atoms with van der Waals surface area (Å²) in [5.41, 5.74) is 2.02. The van der Waals surface area contributed by atoms with Gasteiger partial charge in [0.05, 0.1) is 24.4 Å². The molecule has 2 aliphatic rings. The Balaban J connectivity index is 1.39. The van der Waals surface area contributed by atoms with Crippen molar-refractivity contribution < 1.29 is 9.53 Å². The van der Waals surface area contributed by atoms with E-state index in [-0.39, 0.29) is 24.1 Å². The van der Waals surface area contributed by atoms with Gasteiger partial charge in [0, 0.05) is 16.9 Å². The Labute approximate surface area is 172 Å². The average Bonchev–Trinajstić information content (AvgIpc) is 3.08. The molecule has 1 N–H and O–H groups in total. The van der Waals surface area contributed by atoms with Gasteiger partial charge in [-0.25, -0.2) is 4.98 Å². The van der Waals surface area contributed by atoms with Gasteiger partial charge in [-0.3, -0.25) is 14.2 Å². The van der Waals surface area contributed by atoms with Crippen molar-refractivity contribution in [2.45, 2.75) is 45.2 Å². The minimum Gasteiger partial charge on any atom is -0.493 e. The van der Waals surface area contributed by atoms with E-state index in [0.717, 1.165) is 41.0 Å². The first kappa shape index (κ1) is 18.4. The Morgan fingerprint density at radius 1 is 1.34 bits per heavy atom. The van der Waals surface area contributed by atoms with Crippen LogP contribution in [0.3, 0.4) is 0 Å². The fourth-order valence-electron chi connectivity index (χ4n) is 4.37. The smallest absolute Gasteiger partial charge is 0.262 e. The zero-order valence-corrected chi connectivity index (χ0v) is 17.1. The molecule has 6 nitrogen and oxygen atoms in total. The monoisotopic (exact) mass is 409 g/mol. The second-order valence-corrected chi connectivity index (χ2v) is 9.09. The van der Waals surface area contributed by atoms with Crippen LogP contribution in [0.1, 0.15) is 41.8 Å². The van der Waals surface area contributed by atoms with Gasteiger partial charge in [0.15, 0.2) is 0 Å². The summed E-state index contributed by atoms with van der Waals surface area (Å²) in [4.78, 5) is 32.4. The number of aryl methyl sites for hydroxylation is 1. The maximum atomic E-state index is 13.1. The van der Waals surface area contributed by atoms with Crippen LogP contribution in [0.25, 0.3) is 10.2 Å². The van der Waals surface area contributed by atoms with E-state index in [1.165, 1.54) is 15.8 Å². The number of carbonyl (C=O) groups is 1. The van der Waals surface area contributed by atoms with Crippen LogP contribution in [0.5, 0.6) is 5.75 Å². The van der Waals surface area contributed by atoms with Crippen LogP contribution in [0, 0.1) is 5.92 Å². The van der Waals surface area contributed by atoms with E-state index in [1.54, 1.807) is 11.3 Å². The maximum absolute atomic E-state index is 13.1. The van der Waals surface area contributed by atoms with E-state index >= 15 is 0 Å². The number of amides is 1. The van der Waals surface area contributed by atoms with Crippen LogP contribution in [-0.4, -0.2) is 22.1 Å². The van der Waals surface area contributed by atoms with Gasteiger partial charge in [-0.2, -0.15) is 0 Å². The predicted octanol–water partition coefficient (Wildman–Crippen LogP) is 3.22. The number of hydrogen-bond acceptors (Lipinski definition) is 5. The van der Waals surface area contributed by atoms with Gasteiger partial charge in [0.25, 0.3) is 5.56 Å². The maximum Gasteiger partial charge on any atom is 0.262 e. The normalized spacial score (nSPS) is 20.6. The number of benzene rings is 1. The Kier molecular flexibility index (Phi) is 4.62. The first-order valence-electron chi connectivity index (χ1n) is 10.1. The lowest BCUT2D eigenvalue weighted by Crippen LogP contribution is -2.36. The number of hydrogen-bond donors (Lipinski definition) is 1. The first-order valence-corrected chi connectivity index (χ1v) is 10.9. The summed E-state index contributed by atoms with van der Waals surface area (Å²) in [7, 11) is 0. The molecule has 29 heavy (non-hydrogen) atoms. The molecule has 1 aliphatic carbocycles. The number of ether oxygens (including phenoxy) is 1. The third-order valence-corrected chi connectivity index (χ3v) is 7.05. The second-order valence-electron chi connectivity index (χ2n) is 8.00. The van der Waals surface area contributed by atoms with Crippen molar-refractivity contribution in [2.24, 2.45) is 5.92 Å².